The Morgan fingerprint density at radius 1 is 1.04 bits per heavy atom. The van der Waals surface area contributed by atoms with Crippen molar-refractivity contribution < 1.29 is 9.69 Å². The molecule has 1 aromatic carbocycles. The lowest BCUT2D eigenvalue weighted by molar-refractivity contribution is -0.901. The molecule has 1 heterocycles. The second kappa shape index (κ2) is 7.26. The van der Waals surface area contributed by atoms with Crippen LogP contribution in [0.4, 0.5) is 0 Å². The van der Waals surface area contributed by atoms with Gasteiger partial charge < -0.3 is 10.2 Å². The van der Waals surface area contributed by atoms with Crippen LogP contribution in [0.1, 0.15) is 56.1 Å². The standard InChI is InChI=1S/C21H30N2O/c24-21(13-20-12-18-7-8-19(20)11-18)22-14-16-3-5-17(6-4-16)15-23-9-1-2-10-23/h3-6,18-20H,1-2,7-15H2,(H,22,24)/p+1/t18-,19+,20+/m0/s1. The highest BCUT2D eigenvalue weighted by atomic mass is 16.1. The Balaban J connectivity index is 1.21. The van der Waals surface area contributed by atoms with E-state index >= 15 is 0 Å². The van der Waals surface area contributed by atoms with Crippen molar-refractivity contribution in [1.82, 2.24) is 5.32 Å². The van der Waals surface area contributed by atoms with Crippen molar-refractivity contribution in [2.24, 2.45) is 17.8 Å². The van der Waals surface area contributed by atoms with Crippen LogP contribution in [0.15, 0.2) is 24.3 Å². The number of carbonyl (C=O) groups is 1. The van der Waals surface area contributed by atoms with Crippen LogP contribution in [0.2, 0.25) is 0 Å². The van der Waals surface area contributed by atoms with Crippen molar-refractivity contribution >= 4 is 5.91 Å². The molecule has 3 atom stereocenters. The summed E-state index contributed by atoms with van der Waals surface area (Å²) in [6.07, 6.45) is 8.96. The zero-order valence-corrected chi connectivity index (χ0v) is 14.7. The lowest BCUT2D eigenvalue weighted by Crippen LogP contribution is -3.08. The topological polar surface area (TPSA) is 33.5 Å². The Bertz CT molecular complexity index is 562. The van der Waals surface area contributed by atoms with E-state index in [1.54, 1.807) is 4.90 Å². The van der Waals surface area contributed by atoms with Gasteiger partial charge >= 0.3 is 0 Å². The van der Waals surface area contributed by atoms with Crippen LogP contribution >= 0.6 is 0 Å². The van der Waals surface area contributed by atoms with Crippen LogP contribution in [0, 0.1) is 17.8 Å². The number of amides is 1. The van der Waals surface area contributed by atoms with E-state index in [1.165, 1.54) is 62.7 Å². The zero-order chi connectivity index (χ0) is 16.4. The molecule has 1 aromatic rings. The third-order valence-electron chi connectivity index (χ3n) is 6.61. The van der Waals surface area contributed by atoms with Crippen molar-refractivity contribution in [3.05, 3.63) is 35.4 Å². The number of fused-ring (bicyclic) bond motifs is 2. The van der Waals surface area contributed by atoms with Crippen LogP contribution in [-0.2, 0) is 17.9 Å². The van der Waals surface area contributed by atoms with E-state index in [-0.39, 0.29) is 5.91 Å². The zero-order valence-electron chi connectivity index (χ0n) is 14.7. The van der Waals surface area contributed by atoms with Gasteiger partial charge in [-0.05, 0) is 42.6 Å². The molecule has 1 amide bonds. The van der Waals surface area contributed by atoms with E-state index in [4.69, 9.17) is 0 Å². The number of hydrogen-bond acceptors (Lipinski definition) is 1. The van der Waals surface area contributed by atoms with Crippen molar-refractivity contribution in [1.29, 1.82) is 0 Å². The molecule has 2 N–H and O–H groups in total. The summed E-state index contributed by atoms with van der Waals surface area (Å²) in [4.78, 5) is 13.9. The molecule has 3 aliphatic rings. The number of rotatable bonds is 6. The fraction of sp³-hybridized carbons (Fsp3) is 0.667. The van der Waals surface area contributed by atoms with Gasteiger partial charge in [0, 0.05) is 31.4 Å². The molecule has 3 heteroatoms. The van der Waals surface area contributed by atoms with Crippen molar-refractivity contribution in [3.8, 4) is 0 Å². The van der Waals surface area contributed by atoms with E-state index in [0.29, 0.717) is 12.5 Å². The highest BCUT2D eigenvalue weighted by Gasteiger charge is 2.39. The number of likely N-dealkylation sites (tertiary alicyclic amines) is 1. The molecule has 3 fully saturated rings. The normalized spacial score (nSPS) is 29.2. The third kappa shape index (κ3) is 3.83. The van der Waals surface area contributed by atoms with E-state index in [9.17, 15) is 4.79 Å². The van der Waals surface area contributed by atoms with Crippen LogP contribution < -0.4 is 10.2 Å². The second-order valence-electron chi connectivity index (χ2n) is 8.37. The molecule has 0 unspecified atom stereocenters. The predicted molar refractivity (Wildman–Crippen MR) is 95.5 cm³/mol. The number of quaternary nitrogens is 1. The van der Waals surface area contributed by atoms with Gasteiger partial charge in [-0.15, -0.1) is 0 Å². The molecular formula is C21H31N2O+. The van der Waals surface area contributed by atoms with E-state index in [2.05, 4.69) is 29.6 Å². The van der Waals surface area contributed by atoms with E-state index < -0.39 is 0 Å². The quantitative estimate of drug-likeness (QED) is 0.826. The maximum atomic E-state index is 12.2. The molecule has 2 aliphatic carbocycles. The molecule has 2 saturated carbocycles. The number of hydrogen-bond donors (Lipinski definition) is 2. The summed E-state index contributed by atoms with van der Waals surface area (Å²) in [5.41, 5.74) is 2.64. The van der Waals surface area contributed by atoms with Gasteiger partial charge in [0.25, 0.3) is 0 Å². The van der Waals surface area contributed by atoms with Gasteiger partial charge in [-0.3, -0.25) is 4.79 Å². The first-order chi connectivity index (χ1) is 11.8. The minimum absolute atomic E-state index is 0.248. The Morgan fingerprint density at radius 3 is 2.46 bits per heavy atom. The van der Waals surface area contributed by atoms with Crippen molar-refractivity contribution in [3.63, 3.8) is 0 Å². The summed E-state index contributed by atoms with van der Waals surface area (Å²) in [5, 5.41) is 3.13. The Hall–Kier alpha value is -1.35. The highest BCUT2D eigenvalue weighted by Crippen LogP contribution is 2.49. The molecule has 0 radical (unpaired) electrons. The third-order valence-corrected chi connectivity index (χ3v) is 6.61. The summed E-state index contributed by atoms with van der Waals surface area (Å²) < 4.78 is 0. The smallest absolute Gasteiger partial charge is 0.220 e. The number of nitrogens with one attached hydrogen (secondary N) is 2. The van der Waals surface area contributed by atoms with Crippen LogP contribution in [0.3, 0.4) is 0 Å². The molecule has 24 heavy (non-hydrogen) atoms. The largest absolute Gasteiger partial charge is 0.352 e. The summed E-state index contributed by atoms with van der Waals surface area (Å²) in [5.74, 6) is 2.68. The Labute approximate surface area is 145 Å². The molecule has 1 aliphatic heterocycles. The molecule has 0 spiro atoms. The first-order valence-corrected chi connectivity index (χ1v) is 9.94. The lowest BCUT2D eigenvalue weighted by atomic mass is 9.86. The molecule has 130 valence electrons. The van der Waals surface area contributed by atoms with Crippen LogP contribution in [-0.4, -0.2) is 19.0 Å². The summed E-state index contributed by atoms with van der Waals surface area (Å²) >= 11 is 0. The van der Waals surface area contributed by atoms with Crippen LogP contribution in [0.25, 0.3) is 0 Å². The molecule has 4 rings (SSSR count). The van der Waals surface area contributed by atoms with Crippen molar-refractivity contribution in [2.75, 3.05) is 13.1 Å². The first kappa shape index (κ1) is 16.1. The summed E-state index contributed by atoms with van der Waals surface area (Å²) in [6, 6.07) is 8.84. The average Bonchev–Trinajstić information content (AvgIpc) is 3.32. The highest BCUT2D eigenvalue weighted by molar-refractivity contribution is 5.76. The maximum Gasteiger partial charge on any atom is 0.220 e. The Kier molecular flexibility index (Phi) is 4.88. The predicted octanol–water partition coefficient (Wildman–Crippen LogP) is 2.31. The molecule has 1 saturated heterocycles. The minimum Gasteiger partial charge on any atom is -0.352 e. The monoisotopic (exact) mass is 327 g/mol. The van der Waals surface area contributed by atoms with Gasteiger partial charge in [0.2, 0.25) is 5.91 Å². The van der Waals surface area contributed by atoms with Crippen LogP contribution in [0.5, 0.6) is 0 Å². The van der Waals surface area contributed by atoms with Crippen molar-refractivity contribution in [2.45, 2.75) is 58.0 Å². The fourth-order valence-corrected chi connectivity index (χ4v) is 5.25. The molecule has 2 bridgehead atoms. The summed E-state index contributed by atoms with van der Waals surface area (Å²) in [6.45, 7) is 4.47. The summed E-state index contributed by atoms with van der Waals surface area (Å²) in [7, 11) is 0. The minimum atomic E-state index is 0.248. The van der Waals surface area contributed by atoms with Gasteiger partial charge in [0.05, 0.1) is 13.1 Å². The molecular weight excluding hydrogens is 296 g/mol. The maximum absolute atomic E-state index is 12.2. The number of carbonyl (C=O) groups excluding carboxylic acids is 1. The van der Waals surface area contributed by atoms with Gasteiger partial charge in [0.1, 0.15) is 6.54 Å². The average molecular weight is 327 g/mol. The fourth-order valence-electron chi connectivity index (χ4n) is 5.25. The first-order valence-electron chi connectivity index (χ1n) is 9.94. The van der Waals surface area contributed by atoms with Gasteiger partial charge in [0.15, 0.2) is 0 Å². The number of benzene rings is 1. The van der Waals surface area contributed by atoms with E-state index in [1.807, 2.05) is 0 Å². The Morgan fingerprint density at radius 2 is 1.79 bits per heavy atom. The molecule has 0 aromatic heterocycles. The second-order valence-corrected chi connectivity index (χ2v) is 8.37. The lowest BCUT2D eigenvalue weighted by Gasteiger charge is -2.20. The van der Waals surface area contributed by atoms with Gasteiger partial charge in [-0.2, -0.15) is 0 Å². The van der Waals surface area contributed by atoms with Gasteiger partial charge in [-0.1, -0.05) is 30.7 Å². The molecule has 3 nitrogen and oxygen atoms in total. The van der Waals surface area contributed by atoms with Gasteiger partial charge in [-0.25, -0.2) is 0 Å². The van der Waals surface area contributed by atoms with E-state index in [0.717, 1.165) is 24.8 Å². The SMILES string of the molecule is O=C(C[C@H]1C[C@H]2CC[C@@H]1C2)NCc1ccc(C[NH+]2CCCC2)cc1.